The monoisotopic (exact) mass is 269 g/mol. The van der Waals surface area contributed by atoms with Crippen molar-refractivity contribution < 1.29 is 5.11 Å². The minimum Gasteiger partial charge on any atom is -0.508 e. The molecule has 0 radical (unpaired) electrons. The van der Waals surface area contributed by atoms with Crippen LogP contribution < -0.4 is 0 Å². The summed E-state index contributed by atoms with van der Waals surface area (Å²) in [4.78, 5) is 2.08. The molecule has 0 bridgehead atoms. The van der Waals surface area contributed by atoms with Crippen LogP contribution in [-0.2, 0) is 0 Å². The highest BCUT2D eigenvalue weighted by molar-refractivity contribution is 9.12. The summed E-state index contributed by atoms with van der Waals surface area (Å²) in [6.45, 7) is 13.7. The molecule has 3 heteroatoms. The number of nitrogens with zero attached hydrogens (tertiary/aromatic N) is 1. The standard InChI is InChI=1S/C12H16BrNO/c1-7(2)14-6-11(10(5)15)8(3)12(13)9(14)4/h6-7,15H,3,5H2,1-2,4H3. The molecule has 0 fully saturated rings. The Kier molecular flexibility index (Phi) is 3.45. The molecule has 0 aromatic carbocycles. The molecule has 0 saturated heterocycles. The summed E-state index contributed by atoms with van der Waals surface area (Å²) in [6, 6.07) is 0.333. The van der Waals surface area contributed by atoms with E-state index in [9.17, 15) is 5.11 Å². The Labute approximate surface area is 99.4 Å². The van der Waals surface area contributed by atoms with Gasteiger partial charge < -0.3 is 10.0 Å². The van der Waals surface area contributed by atoms with Crippen LogP contribution in [0.5, 0.6) is 0 Å². The lowest BCUT2D eigenvalue weighted by molar-refractivity contribution is 0.369. The predicted molar refractivity (Wildman–Crippen MR) is 67.6 cm³/mol. The Balaban J connectivity index is 3.21. The van der Waals surface area contributed by atoms with Crippen LogP contribution >= 0.6 is 15.9 Å². The van der Waals surface area contributed by atoms with Crippen LogP contribution in [0.15, 0.2) is 46.4 Å². The van der Waals surface area contributed by atoms with Crippen molar-refractivity contribution in [1.82, 2.24) is 4.90 Å². The summed E-state index contributed by atoms with van der Waals surface area (Å²) < 4.78 is 0.920. The van der Waals surface area contributed by atoms with E-state index in [-0.39, 0.29) is 5.76 Å². The summed E-state index contributed by atoms with van der Waals surface area (Å²) >= 11 is 3.48. The molecule has 2 nitrogen and oxygen atoms in total. The normalized spacial score (nSPS) is 17.3. The SMILES string of the molecule is C=C(O)C1=CN(C(C)C)C(C)=C(Br)C1=C. The lowest BCUT2D eigenvalue weighted by atomic mass is 10.0. The van der Waals surface area contributed by atoms with Gasteiger partial charge >= 0.3 is 0 Å². The second-order valence-electron chi connectivity index (χ2n) is 3.87. The van der Waals surface area contributed by atoms with E-state index in [0.717, 1.165) is 15.8 Å². The van der Waals surface area contributed by atoms with Gasteiger partial charge in [-0.3, -0.25) is 0 Å². The fourth-order valence-corrected chi connectivity index (χ4v) is 1.97. The van der Waals surface area contributed by atoms with Gasteiger partial charge in [-0.2, -0.15) is 0 Å². The Morgan fingerprint density at radius 3 is 2.47 bits per heavy atom. The molecule has 1 heterocycles. The zero-order valence-electron chi connectivity index (χ0n) is 9.34. The average Bonchev–Trinajstić information content (AvgIpc) is 2.13. The van der Waals surface area contributed by atoms with Crippen LogP contribution in [0.25, 0.3) is 0 Å². The second kappa shape index (κ2) is 4.27. The van der Waals surface area contributed by atoms with E-state index < -0.39 is 0 Å². The first-order valence-corrected chi connectivity index (χ1v) is 5.60. The summed E-state index contributed by atoms with van der Waals surface area (Å²) in [5.41, 5.74) is 2.55. The van der Waals surface area contributed by atoms with E-state index in [0.29, 0.717) is 11.6 Å². The van der Waals surface area contributed by atoms with Crippen molar-refractivity contribution >= 4 is 15.9 Å². The topological polar surface area (TPSA) is 23.5 Å². The van der Waals surface area contributed by atoms with Gasteiger partial charge in [-0.1, -0.05) is 13.2 Å². The van der Waals surface area contributed by atoms with Gasteiger partial charge in [0.1, 0.15) is 5.76 Å². The Morgan fingerprint density at radius 1 is 1.53 bits per heavy atom. The van der Waals surface area contributed by atoms with Crippen LogP contribution in [0.3, 0.4) is 0 Å². The van der Waals surface area contributed by atoms with Crippen molar-refractivity contribution in [3.05, 3.63) is 46.4 Å². The molecule has 0 amide bonds. The second-order valence-corrected chi connectivity index (χ2v) is 4.66. The molecule has 1 aliphatic heterocycles. The van der Waals surface area contributed by atoms with E-state index in [1.807, 2.05) is 13.1 Å². The van der Waals surface area contributed by atoms with Crippen LogP contribution in [0.4, 0.5) is 0 Å². The molecule has 0 unspecified atom stereocenters. The fourth-order valence-electron chi connectivity index (χ4n) is 1.55. The first-order valence-electron chi connectivity index (χ1n) is 4.80. The molecule has 1 aliphatic rings. The molecular weight excluding hydrogens is 254 g/mol. The van der Waals surface area contributed by atoms with Gasteiger partial charge in [0.2, 0.25) is 0 Å². The summed E-state index contributed by atoms with van der Waals surface area (Å²) in [5, 5.41) is 9.46. The van der Waals surface area contributed by atoms with E-state index in [1.54, 1.807) is 0 Å². The fraction of sp³-hybridized carbons (Fsp3) is 0.333. The molecule has 0 aromatic heterocycles. The third-order valence-electron chi connectivity index (χ3n) is 2.43. The van der Waals surface area contributed by atoms with Gasteiger partial charge in [0.15, 0.2) is 0 Å². The van der Waals surface area contributed by atoms with Gasteiger partial charge in [0.25, 0.3) is 0 Å². The third-order valence-corrected chi connectivity index (χ3v) is 3.48. The third kappa shape index (κ3) is 2.17. The Morgan fingerprint density at radius 2 is 2.07 bits per heavy atom. The molecule has 82 valence electrons. The molecular formula is C12H16BrNO. The molecule has 1 N–H and O–H groups in total. The van der Waals surface area contributed by atoms with E-state index in [2.05, 4.69) is 47.8 Å². The maximum atomic E-state index is 9.46. The van der Waals surface area contributed by atoms with Gasteiger partial charge in [0.05, 0.1) is 0 Å². The molecule has 0 spiro atoms. The summed E-state index contributed by atoms with van der Waals surface area (Å²) in [7, 11) is 0. The maximum Gasteiger partial charge on any atom is 0.117 e. The molecule has 0 aliphatic carbocycles. The van der Waals surface area contributed by atoms with Crippen molar-refractivity contribution in [2.45, 2.75) is 26.8 Å². The van der Waals surface area contributed by atoms with E-state index in [4.69, 9.17) is 0 Å². The summed E-state index contributed by atoms with van der Waals surface area (Å²) in [6.07, 6.45) is 1.88. The van der Waals surface area contributed by atoms with Gasteiger partial charge in [-0.25, -0.2) is 0 Å². The first-order chi connectivity index (χ1) is 6.86. The molecule has 0 aromatic rings. The molecule has 0 atom stereocenters. The highest BCUT2D eigenvalue weighted by Crippen LogP contribution is 2.35. The van der Waals surface area contributed by atoms with Crippen LogP contribution in [0, 0.1) is 0 Å². The number of halogens is 1. The summed E-state index contributed by atoms with van der Waals surface area (Å²) in [5.74, 6) is 0.0510. The Hall–Kier alpha value is -0.960. The lowest BCUT2D eigenvalue weighted by Gasteiger charge is -2.32. The van der Waals surface area contributed by atoms with E-state index >= 15 is 0 Å². The number of rotatable bonds is 2. The minimum absolute atomic E-state index is 0.0510. The quantitative estimate of drug-likeness (QED) is 0.770. The van der Waals surface area contributed by atoms with Gasteiger partial charge in [-0.05, 0) is 42.3 Å². The van der Waals surface area contributed by atoms with Crippen LogP contribution in [0.1, 0.15) is 20.8 Å². The minimum atomic E-state index is 0.0510. The number of hydrogen-bond donors (Lipinski definition) is 1. The highest BCUT2D eigenvalue weighted by atomic mass is 79.9. The highest BCUT2D eigenvalue weighted by Gasteiger charge is 2.22. The number of hydrogen-bond acceptors (Lipinski definition) is 2. The first kappa shape index (κ1) is 12.1. The average molecular weight is 270 g/mol. The van der Waals surface area contributed by atoms with Gasteiger partial charge in [0, 0.05) is 28.0 Å². The van der Waals surface area contributed by atoms with Crippen LogP contribution in [0.2, 0.25) is 0 Å². The number of aliphatic hydroxyl groups excluding tert-OH is 1. The maximum absolute atomic E-state index is 9.46. The van der Waals surface area contributed by atoms with E-state index in [1.165, 1.54) is 0 Å². The van der Waals surface area contributed by atoms with Crippen molar-refractivity contribution in [2.24, 2.45) is 0 Å². The van der Waals surface area contributed by atoms with Crippen molar-refractivity contribution in [3.63, 3.8) is 0 Å². The predicted octanol–water partition coefficient (Wildman–Crippen LogP) is 3.85. The Bertz CT molecular complexity index is 377. The van der Waals surface area contributed by atoms with Gasteiger partial charge in [-0.15, -0.1) is 0 Å². The van der Waals surface area contributed by atoms with Crippen LogP contribution in [-0.4, -0.2) is 16.0 Å². The number of allylic oxidation sites excluding steroid dienone is 3. The lowest BCUT2D eigenvalue weighted by Crippen LogP contribution is -2.27. The van der Waals surface area contributed by atoms with Crippen molar-refractivity contribution in [2.75, 3.05) is 0 Å². The zero-order chi connectivity index (χ0) is 11.7. The van der Waals surface area contributed by atoms with Crippen molar-refractivity contribution in [1.29, 1.82) is 0 Å². The smallest absolute Gasteiger partial charge is 0.117 e. The zero-order valence-corrected chi connectivity index (χ0v) is 10.9. The number of aliphatic hydroxyl groups is 1. The largest absolute Gasteiger partial charge is 0.508 e. The molecule has 0 saturated carbocycles. The molecule has 1 rings (SSSR count). The molecule has 15 heavy (non-hydrogen) atoms. The van der Waals surface area contributed by atoms with Crippen molar-refractivity contribution in [3.8, 4) is 0 Å².